The van der Waals surface area contributed by atoms with Crippen molar-refractivity contribution < 1.29 is 14.4 Å². The van der Waals surface area contributed by atoms with Gasteiger partial charge in [-0.2, -0.15) is 0 Å². The first-order valence-corrected chi connectivity index (χ1v) is 12.9. The summed E-state index contributed by atoms with van der Waals surface area (Å²) >= 11 is 1.57. The van der Waals surface area contributed by atoms with Crippen LogP contribution >= 0.6 is 11.8 Å². The van der Waals surface area contributed by atoms with Gasteiger partial charge in [-0.3, -0.25) is 19.3 Å². The number of imide groups is 1. The van der Waals surface area contributed by atoms with Crippen LogP contribution in [0.4, 0.5) is 0 Å². The molecule has 182 valence electrons. The third-order valence-corrected chi connectivity index (χ3v) is 6.47. The van der Waals surface area contributed by atoms with Crippen molar-refractivity contribution in [3.05, 3.63) is 76.6 Å². The summed E-state index contributed by atoms with van der Waals surface area (Å²) in [6, 6.07) is 14.0. The molecule has 0 saturated heterocycles. The minimum Gasteiger partial charge on any atom is -0.352 e. The average Bonchev–Trinajstić information content (AvgIpc) is 3.35. The number of thioether (sulfide) groups is 1. The lowest BCUT2D eigenvalue weighted by molar-refractivity contribution is 0.0642. The van der Waals surface area contributed by atoms with E-state index >= 15 is 0 Å². The molecule has 3 amide bonds. The molecule has 0 saturated carbocycles. The van der Waals surface area contributed by atoms with Gasteiger partial charge in [-0.05, 0) is 42.4 Å². The number of rotatable bonds is 10. The van der Waals surface area contributed by atoms with Crippen molar-refractivity contribution in [2.45, 2.75) is 44.9 Å². The summed E-state index contributed by atoms with van der Waals surface area (Å²) in [6.07, 6.45) is 3.40. The van der Waals surface area contributed by atoms with Crippen molar-refractivity contribution in [3.63, 3.8) is 0 Å². The minimum absolute atomic E-state index is 0.203. The van der Waals surface area contributed by atoms with Gasteiger partial charge in [0, 0.05) is 25.1 Å². The molecule has 9 heteroatoms. The molecule has 0 aliphatic carbocycles. The fourth-order valence-electron chi connectivity index (χ4n) is 4.10. The minimum atomic E-state index is -0.377. The number of carbonyl (C=O) groups is 3. The molecule has 0 atom stereocenters. The van der Waals surface area contributed by atoms with Gasteiger partial charge in [0.15, 0.2) is 5.16 Å². The Morgan fingerprint density at radius 2 is 1.77 bits per heavy atom. The molecule has 8 nitrogen and oxygen atoms in total. The number of aryl methyl sites for hydroxylation is 1. The summed E-state index contributed by atoms with van der Waals surface area (Å²) in [6.45, 7) is 5.84. The topological polar surface area (TPSA) is 97.2 Å². The summed E-state index contributed by atoms with van der Waals surface area (Å²) in [5.41, 5.74) is 1.83. The van der Waals surface area contributed by atoms with Crippen LogP contribution in [0.3, 0.4) is 0 Å². The summed E-state index contributed by atoms with van der Waals surface area (Å²) in [4.78, 5) is 39.6. The van der Waals surface area contributed by atoms with E-state index in [0.717, 1.165) is 23.1 Å². The number of hydrogen-bond acceptors (Lipinski definition) is 6. The van der Waals surface area contributed by atoms with E-state index in [-0.39, 0.29) is 29.8 Å². The van der Waals surface area contributed by atoms with Crippen molar-refractivity contribution in [2.75, 3.05) is 12.8 Å². The molecule has 4 rings (SSSR count). The predicted octanol–water partition coefficient (Wildman–Crippen LogP) is 3.81. The number of amides is 3. The number of carbonyl (C=O) groups excluding carboxylic acids is 3. The lowest BCUT2D eigenvalue weighted by Gasteiger charge is -2.13. The molecule has 0 unspecified atom stereocenters. The Bertz CT molecular complexity index is 1240. The number of benzene rings is 2. The molecule has 0 bridgehead atoms. The van der Waals surface area contributed by atoms with Gasteiger partial charge in [0.1, 0.15) is 5.82 Å². The molecule has 35 heavy (non-hydrogen) atoms. The number of nitrogens with one attached hydrogen (secondary N) is 1. The van der Waals surface area contributed by atoms with Crippen LogP contribution in [0.2, 0.25) is 0 Å². The highest BCUT2D eigenvalue weighted by Gasteiger charge is 2.36. The molecule has 1 aliphatic rings. The Morgan fingerprint density at radius 1 is 1.03 bits per heavy atom. The smallest absolute Gasteiger partial charge is 0.261 e. The molecule has 1 aromatic heterocycles. The maximum atomic E-state index is 12.9. The van der Waals surface area contributed by atoms with E-state index < -0.39 is 0 Å². The van der Waals surface area contributed by atoms with Crippen LogP contribution < -0.4 is 5.32 Å². The number of hydrogen-bond donors (Lipinski definition) is 1. The molecule has 3 aromatic rings. The van der Waals surface area contributed by atoms with Gasteiger partial charge < -0.3 is 9.88 Å². The van der Waals surface area contributed by atoms with Gasteiger partial charge in [-0.25, -0.2) is 0 Å². The van der Waals surface area contributed by atoms with Crippen LogP contribution in [0.25, 0.3) is 0 Å². The zero-order valence-corrected chi connectivity index (χ0v) is 21.0. The Hall–Kier alpha value is -3.46. The third-order valence-electron chi connectivity index (χ3n) is 5.80. The largest absolute Gasteiger partial charge is 0.352 e. The first kappa shape index (κ1) is 24.7. The predicted molar refractivity (Wildman–Crippen MR) is 134 cm³/mol. The molecule has 2 heterocycles. The maximum absolute atomic E-state index is 12.9. The lowest BCUT2D eigenvalue weighted by Crippen LogP contribution is -2.29. The molecule has 0 radical (unpaired) electrons. The van der Waals surface area contributed by atoms with Crippen molar-refractivity contribution in [2.24, 2.45) is 5.92 Å². The van der Waals surface area contributed by atoms with E-state index in [1.807, 2.05) is 36.6 Å². The van der Waals surface area contributed by atoms with E-state index in [4.69, 9.17) is 0 Å². The third kappa shape index (κ3) is 5.45. The second-order valence-electron chi connectivity index (χ2n) is 8.91. The standard InChI is InChI=1S/C26H29N5O3S/c1-17(2)15-30-22(28-29-26(30)35-3)10-7-13-27-23(32)19-11-12-20-21(14-19)25(34)31(24(20)33)16-18-8-5-4-6-9-18/h4-6,8-9,11-12,14,17H,7,10,13,15-16H2,1-3H3,(H,27,32). The zero-order valence-electron chi connectivity index (χ0n) is 20.2. The maximum Gasteiger partial charge on any atom is 0.261 e. The quantitative estimate of drug-likeness (QED) is 0.263. The highest BCUT2D eigenvalue weighted by molar-refractivity contribution is 7.98. The van der Waals surface area contributed by atoms with Gasteiger partial charge >= 0.3 is 0 Å². The highest BCUT2D eigenvalue weighted by atomic mass is 32.2. The molecule has 0 spiro atoms. The lowest BCUT2D eigenvalue weighted by atomic mass is 10.1. The Balaban J connectivity index is 1.35. The van der Waals surface area contributed by atoms with E-state index in [0.29, 0.717) is 36.4 Å². The highest BCUT2D eigenvalue weighted by Crippen LogP contribution is 2.25. The monoisotopic (exact) mass is 491 g/mol. The summed E-state index contributed by atoms with van der Waals surface area (Å²) in [5.74, 6) is 0.405. The van der Waals surface area contributed by atoms with E-state index in [1.54, 1.807) is 23.9 Å². The molecular formula is C26H29N5O3S. The van der Waals surface area contributed by atoms with E-state index in [2.05, 4.69) is 33.9 Å². The van der Waals surface area contributed by atoms with Crippen LogP contribution in [0.5, 0.6) is 0 Å². The molecule has 1 aliphatic heterocycles. The van der Waals surface area contributed by atoms with Gasteiger partial charge in [0.25, 0.3) is 17.7 Å². The second kappa shape index (κ2) is 10.9. The molecule has 0 fully saturated rings. The van der Waals surface area contributed by atoms with Gasteiger partial charge in [0.05, 0.1) is 17.7 Å². The van der Waals surface area contributed by atoms with Crippen LogP contribution in [0.1, 0.15) is 62.7 Å². The fourth-order valence-corrected chi connectivity index (χ4v) is 4.62. The first-order valence-electron chi connectivity index (χ1n) is 11.7. The zero-order chi connectivity index (χ0) is 24.9. The van der Waals surface area contributed by atoms with Crippen molar-refractivity contribution in [3.8, 4) is 0 Å². The number of nitrogens with zero attached hydrogens (tertiary/aromatic N) is 4. The Kier molecular flexibility index (Phi) is 7.65. The number of aromatic nitrogens is 3. The summed E-state index contributed by atoms with van der Waals surface area (Å²) < 4.78 is 2.14. The molecule has 2 aromatic carbocycles. The summed E-state index contributed by atoms with van der Waals surface area (Å²) in [7, 11) is 0. The Morgan fingerprint density at radius 3 is 2.49 bits per heavy atom. The average molecular weight is 492 g/mol. The van der Waals surface area contributed by atoms with Crippen molar-refractivity contribution in [1.82, 2.24) is 25.0 Å². The van der Waals surface area contributed by atoms with Crippen molar-refractivity contribution >= 4 is 29.5 Å². The van der Waals surface area contributed by atoms with Gasteiger partial charge in [-0.15, -0.1) is 10.2 Å². The summed E-state index contributed by atoms with van der Waals surface area (Å²) in [5, 5.41) is 12.4. The fraction of sp³-hybridized carbons (Fsp3) is 0.346. The van der Waals surface area contributed by atoms with Crippen molar-refractivity contribution in [1.29, 1.82) is 0 Å². The second-order valence-corrected chi connectivity index (χ2v) is 9.68. The first-order chi connectivity index (χ1) is 16.9. The van der Waals surface area contributed by atoms with Crippen LogP contribution in [-0.4, -0.2) is 50.2 Å². The van der Waals surface area contributed by atoms with Crippen LogP contribution in [0, 0.1) is 5.92 Å². The molecular weight excluding hydrogens is 462 g/mol. The molecule has 1 N–H and O–H groups in total. The number of fused-ring (bicyclic) bond motifs is 1. The normalized spacial score (nSPS) is 13.0. The Labute approximate surface area is 209 Å². The van der Waals surface area contributed by atoms with Crippen LogP contribution in [-0.2, 0) is 19.5 Å². The SMILES string of the molecule is CSc1nnc(CCCNC(=O)c2ccc3c(c2)C(=O)N(Cc2ccccc2)C3=O)n1CC(C)C. The van der Waals surface area contributed by atoms with Gasteiger partial charge in [-0.1, -0.05) is 55.9 Å². The van der Waals surface area contributed by atoms with E-state index in [9.17, 15) is 14.4 Å². The van der Waals surface area contributed by atoms with E-state index in [1.165, 1.54) is 11.0 Å². The van der Waals surface area contributed by atoms with Gasteiger partial charge in [0.2, 0.25) is 0 Å². The van der Waals surface area contributed by atoms with Crippen LogP contribution in [0.15, 0.2) is 53.7 Å².